The number of aromatic nitrogens is 3. The lowest BCUT2D eigenvalue weighted by Crippen LogP contribution is -1.94. The first kappa shape index (κ1) is 9.14. The first-order valence-corrected chi connectivity index (χ1v) is 4.67. The summed E-state index contributed by atoms with van der Waals surface area (Å²) in [6, 6.07) is 1.89. The second kappa shape index (κ2) is 3.75. The SMILES string of the molecule is O=c1[nH]nc(Cc2cncc(Br)c2)o1. The zero-order valence-corrected chi connectivity index (χ0v) is 8.61. The highest BCUT2D eigenvalue weighted by Gasteiger charge is 2.03. The summed E-state index contributed by atoms with van der Waals surface area (Å²) in [5.41, 5.74) is 0.926. The van der Waals surface area contributed by atoms with Crippen molar-refractivity contribution in [3.63, 3.8) is 0 Å². The van der Waals surface area contributed by atoms with Gasteiger partial charge in [0.1, 0.15) is 0 Å². The first-order chi connectivity index (χ1) is 6.74. The van der Waals surface area contributed by atoms with Gasteiger partial charge in [0.2, 0.25) is 5.89 Å². The Kier molecular flexibility index (Phi) is 2.45. The quantitative estimate of drug-likeness (QED) is 0.873. The molecule has 0 amide bonds. The number of aromatic amines is 1. The van der Waals surface area contributed by atoms with E-state index in [9.17, 15) is 4.79 Å². The Morgan fingerprint density at radius 1 is 1.50 bits per heavy atom. The molecule has 2 rings (SSSR count). The number of hydrogen-bond donors (Lipinski definition) is 1. The highest BCUT2D eigenvalue weighted by Crippen LogP contribution is 2.11. The van der Waals surface area contributed by atoms with Gasteiger partial charge in [-0.15, -0.1) is 5.10 Å². The van der Waals surface area contributed by atoms with E-state index in [1.54, 1.807) is 12.4 Å². The average Bonchev–Trinajstić information content (AvgIpc) is 2.51. The molecular weight excluding hydrogens is 250 g/mol. The molecule has 0 atom stereocenters. The van der Waals surface area contributed by atoms with E-state index in [1.165, 1.54) is 0 Å². The van der Waals surface area contributed by atoms with Crippen LogP contribution < -0.4 is 5.76 Å². The molecule has 14 heavy (non-hydrogen) atoms. The van der Waals surface area contributed by atoms with Gasteiger partial charge in [-0.3, -0.25) is 4.98 Å². The molecule has 0 unspecified atom stereocenters. The molecule has 0 saturated carbocycles. The molecule has 0 saturated heterocycles. The average molecular weight is 256 g/mol. The van der Waals surface area contributed by atoms with E-state index in [2.05, 4.69) is 31.1 Å². The number of hydrogen-bond acceptors (Lipinski definition) is 4. The number of pyridine rings is 1. The van der Waals surface area contributed by atoms with Crippen molar-refractivity contribution in [3.8, 4) is 0 Å². The van der Waals surface area contributed by atoms with Crippen LogP contribution in [0.25, 0.3) is 0 Å². The van der Waals surface area contributed by atoms with E-state index in [0.29, 0.717) is 12.3 Å². The predicted octanol–water partition coefficient (Wildman–Crippen LogP) is 1.11. The highest BCUT2D eigenvalue weighted by molar-refractivity contribution is 9.10. The van der Waals surface area contributed by atoms with Gasteiger partial charge in [-0.2, -0.15) is 0 Å². The van der Waals surface area contributed by atoms with Gasteiger partial charge in [0.25, 0.3) is 0 Å². The smallest absolute Gasteiger partial charge is 0.392 e. The molecule has 0 aliphatic carbocycles. The maximum Gasteiger partial charge on any atom is 0.434 e. The van der Waals surface area contributed by atoms with Gasteiger partial charge in [0.15, 0.2) is 0 Å². The number of nitrogens with zero attached hydrogens (tertiary/aromatic N) is 2. The van der Waals surface area contributed by atoms with Crippen LogP contribution in [0.2, 0.25) is 0 Å². The summed E-state index contributed by atoms with van der Waals surface area (Å²) in [6.07, 6.45) is 3.83. The molecule has 2 heterocycles. The van der Waals surface area contributed by atoms with Crippen molar-refractivity contribution in [2.24, 2.45) is 0 Å². The molecule has 0 bridgehead atoms. The van der Waals surface area contributed by atoms with E-state index in [-0.39, 0.29) is 0 Å². The lowest BCUT2D eigenvalue weighted by molar-refractivity contribution is 0.471. The molecule has 5 nitrogen and oxygen atoms in total. The van der Waals surface area contributed by atoms with Crippen molar-refractivity contribution < 1.29 is 4.42 Å². The van der Waals surface area contributed by atoms with E-state index in [1.807, 2.05) is 6.07 Å². The largest absolute Gasteiger partial charge is 0.434 e. The molecule has 1 N–H and O–H groups in total. The number of nitrogens with one attached hydrogen (secondary N) is 1. The van der Waals surface area contributed by atoms with E-state index < -0.39 is 5.76 Å². The molecule has 0 aliphatic heterocycles. The van der Waals surface area contributed by atoms with Gasteiger partial charge in [0.05, 0.1) is 6.42 Å². The zero-order valence-electron chi connectivity index (χ0n) is 7.03. The van der Waals surface area contributed by atoms with Gasteiger partial charge in [-0.05, 0) is 27.6 Å². The van der Waals surface area contributed by atoms with Crippen LogP contribution >= 0.6 is 15.9 Å². The standard InChI is InChI=1S/C8H6BrN3O2/c9-6-1-5(3-10-4-6)2-7-11-12-8(13)14-7/h1,3-4H,2H2,(H,12,13). The summed E-state index contributed by atoms with van der Waals surface area (Å²) in [6.45, 7) is 0. The fraction of sp³-hybridized carbons (Fsp3) is 0.125. The van der Waals surface area contributed by atoms with Gasteiger partial charge in [-0.25, -0.2) is 9.89 Å². The molecular formula is C8H6BrN3O2. The molecule has 2 aromatic heterocycles. The third kappa shape index (κ3) is 2.08. The third-order valence-corrected chi connectivity index (χ3v) is 2.03. The molecule has 0 fully saturated rings. The molecule has 6 heteroatoms. The maximum atomic E-state index is 10.6. The Morgan fingerprint density at radius 2 is 2.36 bits per heavy atom. The lowest BCUT2D eigenvalue weighted by Gasteiger charge is -1.95. The normalized spacial score (nSPS) is 10.4. The molecule has 0 aromatic carbocycles. The monoisotopic (exact) mass is 255 g/mol. The molecule has 2 aromatic rings. The lowest BCUT2D eigenvalue weighted by atomic mass is 10.2. The fourth-order valence-electron chi connectivity index (χ4n) is 1.06. The van der Waals surface area contributed by atoms with Crippen molar-refractivity contribution in [2.75, 3.05) is 0 Å². The van der Waals surface area contributed by atoms with Gasteiger partial charge < -0.3 is 4.42 Å². The van der Waals surface area contributed by atoms with Crippen molar-refractivity contribution in [1.29, 1.82) is 0 Å². The minimum Gasteiger partial charge on any atom is -0.392 e. The minimum atomic E-state index is -0.539. The summed E-state index contributed by atoms with van der Waals surface area (Å²) < 4.78 is 5.64. The van der Waals surface area contributed by atoms with Crippen LogP contribution in [0.15, 0.2) is 32.1 Å². The summed E-state index contributed by atoms with van der Waals surface area (Å²) in [5, 5.41) is 5.89. The maximum absolute atomic E-state index is 10.6. The van der Waals surface area contributed by atoms with Crippen LogP contribution in [-0.4, -0.2) is 15.2 Å². The van der Waals surface area contributed by atoms with Crippen LogP contribution in [0.1, 0.15) is 11.5 Å². The number of rotatable bonds is 2. The van der Waals surface area contributed by atoms with Gasteiger partial charge in [-0.1, -0.05) is 0 Å². The summed E-state index contributed by atoms with van der Waals surface area (Å²) >= 11 is 3.30. The number of halogens is 1. The predicted molar refractivity (Wildman–Crippen MR) is 51.9 cm³/mol. The Balaban J connectivity index is 2.22. The van der Waals surface area contributed by atoms with Crippen molar-refractivity contribution in [2.45, 2.75) is 6.42 Å². The summed E-state index contributed by atoms with van der Waals surface area (Å²) in [5.74, 6) is -0.183. The Hall–Kier alpha value is -1.43. The second-order valence-corrected chi connectivity index (χ2v) is 3.61. The second-order valence-electron chi connectivity index (χ2n) is 2.70. The van der Waals surface area contributed by atoms with Crippen molar-refractivity contribution >= 4 is 15.9 Å². The minimum absolute atomic E-state index is 0.356. The Bertz CT molecular complexity index is 491. The van der Waals surface area contributed by atoms with Crippen molar-refractivity contribution in [3.05, 3.63) is 44.9 Å². The van der Waals surface area contributed by atoms with Gasteiger partial charge in [0, 0.05) is 16.9 Å². The first-order valence-electron chi connectivity index (χ1n) is 3.88. The molecule has 0 radical (unpaired) electrons. The molecule has 0 spiro atoms. The van der Waals surface area contributed by atoms with Crippen LogP contribution in [-0.2, 0) is 6.42 Å². The molecule has 0 aliphatic rings. The third-order valence-electron chi connectivity index (χ3n) is 1.60. The fourth-order valence-corrected chi connectivity index (χ4v) is 1.48. The molecule has 72 valence electrons. The van der Waals surface area contributed by atoms with E-state index in [4.69, 9.17) is 4.42 Å². The van der Waals surface area contributed by atoms with Crippen LogP contribution in [0, 0.1) is 0 Å². The topological polar surface area (TPSA) is 71.8 Å². The summed E-state index contributed by atoms with van der Waals surface area (Å²) in [7, 11) is 0. The van der Waals surface area contributed by atoms with E-state index >= 15 is 0 Å². The summed E-state index contributed by atoms with van der Waals surface area (Å²) in [4.78, 5) is 14.6. The Morgan fingerprint density at radius 3 is 3.00 bits per heavy atom. The van der Waals surface area contributed by atoms with Gasteiger partial charge >= 0.3 is 5.76 Å². The Labute approximate surface area is 87.3 Å². The highest BCUT2D eigenvalue weighted by atomic mass is 79.9. The van der Waals surface area contributed by atoms with Crippen LogP contribution in [0.3, 0.4) is 0 Å². The number of H-pyrrole nitrogens is 1. The zero-order chi connectivity index (χ0) is 9.97. The van der Waals surface area contributed by atoms with E-state index in [0.717, 1.165) is 10.0 Å². The van der Waals surface area contributed by atoms with Crippen LogP contribution in [0.5, 0.6) is 0 Å². The van der Waals surface area contributed by atoms with Crippen LogP contribution in [0.4, 0.5) is 0 Å². The van der Waals surface area contributed by atoms with Crippen molar-refractivity contribution in [1.82, 2.24) is 15.2 Å².